The van der Waals surface area contributed by atoms with E-state index in [0.29, 0.717) is 17.7 Å². The lowest BCUT2D eigenvalue weighted by Crippen LogP contribution is -2.48. The highest BCUT2D eigenvalue weighted by Crippen LogP contribution is 2.07. The number of carbonyl (C=O) groups is 2. The highest BCUT2D eigenvalue weighted by Gasteiger charge is 2.19. The monoisotopic (exact) mass is 234 g/mol. The van der Waals surface area contributed by atoms with E-state index in [9.17, 15) is 9.59 Å². The second-order valence-electron chi connectivity index (χ2n) is 4.68. The van der Waals surface area contributed by atoms with Crippen LogP contribution in [-0.4, -0.2) is 23.8 Å². The van der Waals surface area contributed by atoms with Crippen LogP contribution in [0.4, 0.5) is 0 Å². The van der Waals surface area contributed by atoms with Crippen molar-refractivity contribution in [2.24, 2.45) is 5.73 Å². The standard InChI is InChI=1S/C13H18N2O2/c1-9(16)10-4-6-11(7-5-10)12(17)15-13(2,3)8-14/h4-7H,8,14H2,1-3H3,(H,15,17). The van der Waals surface area contributed by atoms with Crippen LogP contribution in [0, 0.1) is 0 Å². The number of amides is 1. The lowest BCUT2D eigenvalue weighted by Gasteiger charge is -2.24. The molecule has 92 valence electrons. The molecule has 0 radical (unpaired) electrons. The van der Waals surface area contributed by atoms with Gasteiger partial charge in [0.1, 0.15) is 0 Å². The number of nitrogens with one attached hydrogen (secondary N) is 1. The largest absolute Gasteiger partial charge is 0.346 e. The highest BCUT2D eigenvalue weighted by atomic mass is 16.1. The quantitative estimate of drug-likeness (QED) is 0.772. The van der Waals surface area contributed by atoms with Gasteiger partial charge in [0.25, 0.3) is 5.91 Å². The zero-order valence-electron chi connectivity index (χ0n) is 10.4. The highest BCUT2D eigenvalue weighted by molar-refractivity contribution is 5.97. The van der Waals surface area contributed by atoms with Crippen LogP contribution in [0.2, 0.25) is 0 Å². The predicted octanol–water partition coefficient (Wildman–Crippen LogP) is 1.36. The lowest BCUT2D eigenvalue weighted by atomic mass is 10.0. The summed E-state index contributed by atoms with van der Waals surface area (Å²) in [6.07, 6.45) is 0. The molecule has 0 aromatic heterocycles. The first kappa shape index (κ1) is 13.4. The molecule has 3 N–H and O–H groups in total. The summed E-state index contributed by atoms with van der Waals surface area (Å²) in [6, 6.07) is 6.57. The first-order chi connectivity index (χ1) is 7.85. The van der Waals surface area contributed by atoms with Gasteiger partial charge in [-0.15, -0.1) is 0 Å². The van der Waals surface area contributed by atoms with E-state index in [4.69, 9.17) is 5.73 Å². The second kappa shape index (κ2) is 5.10. The van der Waals surface area contributed by atoms with Crippen molar-refractivity contribution in [2.75, 3.05) is 6.54 Å². The molecule has 0 aliphatic heterocycles. The summed E-state index contributed by atoms with van der Waals surface area (Å²) in [5.41, 5.74) is 6.22. The van der Waals surface area contributed by atoms with Crippen molar-refractivity contribution in [2.45, 2.75) is 26.3 Å². The van der Waals surface area contributed by atoms with E-state index >= 15 is 0 Å². The molecule has 1 aromatic carbocycles. The van der Waals surface area contributed by atoms with Crippen LogP contribution in [0.3, 0.4) is 0 Å². The van der Waals surface area contributed by atoms with Gasteiger partial charge in [-0.25, -0.2) is 0 Å². The van der Waals surface area contributed by atoms with Gasteiger partial charge in [0.2, 0.25) is 0 Å². The summed E-state index contributed by atoms with van der Waals surface area (Å²) in [6.45, 7) is 5.57. The molecule has 1 amide bonds. The minimum atomic E-state index is -0.434. The Hall–Kier alpha value is -1.68. The summed E-state index contributed by atoms with van der Waals surface area (Å²) in [5.74, 6) is -0.199. The summed E-state index contributed by atoms with van der Waals surface area (Å²) in [4.78, 5) is 22.9. The van der Waals surface area contributed by atoms with Crippen molar-refractivity contribution in [1.29, 1.82) is 0 Å². The van der Waals surface area contributed by atoms with Gasteiger partial charge in [0.15, 0.2) is 5.78 Å². The van der Waals surface area contributed by atoms with Crippen LogP contribution < -0.4 is 11.1 Å². The van der Waals surface area contributed by atoms with E-state index < -0.39 is 5.54 Å². The normalized spacial score (nSPS) is 11.1. The molecule has 0 aliphatic carbocycles. The molecular weight excluding hydrogens is 216 g/mol. The zero-order valence-corrected chi connectivity index (χ0v) is 10.4. The molecule has 1 rings (SSSR count). The van der Waals surface area contributed by atoms with Crippen LogP contribution in [0.1, 0.15) is 41.5 Å². The van der Waals surface area contributed by atoms with E-state index in [-0.39, 0.29) is 11.7 Å². The molecule has 1 aromatic rings. The fraction of sp³-hybridized carbons (Fsp3) is 0.385. The van der Waals surface area contributed by atoms with Crippen LogP contribution in [-0.2, 0) is 0 Å². The number of ketones is 1. The summed E-state index contributed by atoms with van der Waals surface area (Å²) in [5, 5.41) is 2.82. The lowest BCUT2D eigenvalue weighted by molar-refractivity contribution is 0.0914. The number of hydrogen-bond donors (Lipinski definition) is 2. The summed E-state index contributed by atoms with van der Waals surface area (Å²) >= 11 is 0. The van der Waals surface area contributed by atoms with Gasteiger partial charge < -0.3 is 11.1 Å². The van der Waals surface area contributed by atoms with E-state index in [1.165, 1.54) is 6.92 Å². The average Bonchev–Trinajstić information content (AvgIpc) is 2.28. The Kier molecular flexibility index (Phi) is 4.02. The van der Waals surface area contributed by atoms with Crippen LogP contribution in [0.25, 0.3) is 0 Å². The average molecular weight is 234 g/mol. The molecule has 0 fully saturated rings. The Morgan fingerprint density at radius 1 is 1.18 bits per heavy atom. The third-order valence-corrected chi connectivity index (χ3v) is 2.52. The number of carbonyl (C=O) groups excluding carboxylic acids is 2. The maximum atomic E-state index is 11.8. The number of rotatable bonds is 4. The molecule has 17 heavy (non-hydrogen) atoms. The van der Waals surface area contributed by atoms with Crippen molar-refractivity contribution in [3.63, 3.8) is 0 Å². The fourth-order valence-corrected chi connectivity index (χ4v) is 1.29. The van der Waals surface area contributed by atoms with Gasteiger partial charge in [0, 0.05) is 23.2 Å². The molecule has 0 heterocycles. The van der Waals surface area contributed by atoms with Crippen molar-refractivity contribution >= 4 is 11.7 Å². The van der Waals surface area contributed by atoms with Gasteiger partial charge in [-0.2, -0.15) is 0 Å². The first-order valence-electron chi connectivity index (χ1n) is 5.49. The van der Waals surface area contributed by atoms with Gasteiger partial charge in [-0.05, 0) is 32.9 Å². The van der Waals surface area contributed by atoms with E-state index in [1.54, 1.807) is 24.3 Å². The maximum Gasteiger partial charge on any atom is 0.251 e. The van der Waals surface area contributed by atoms with Gasteiger partial charge in [0.05, 0.1) is 0 Å². The molecule has 0 atom stereocenters. The fourth-order valence-electron chi connectivity index (χ4n) is 1.29. The Labute approximate surface area is 101 Å². The minimum absolute atomic E-state index is 0.0146. The van der Waals surface area contributed by atoms with Gasteiger partial charge in [-0.3, -0.25) is 9.59 Å². The van der Waals surface area contributed by atoms with E-state index in [2.05, 4.69) is 5.32 Å². The van der Waals surface area contributed by atoms with Gasteiger partial charge >= 0.3 is 0 Å². The summed E-state index contributed by atoms with van der Waals surface area (Å²) in [7, 11) is 0. The van der Waals surface area contributed by atoms with Crippen LogP contribution in [0.15, 0.2) is 24.3 Å². The molecule has 0 unspecified atom stereocenters. The zero-order chi connectivity index (χ0) is 13.1. The van der Waals surface area contributed by atoms with Crippen molar-refractivity contribution < 1.29 is 9.59 Å². The molecular formula is C13H18N2O2. The third kappa shape index (κ3) is 3.67. The smallest absolute Gasteiger partial charge is 0.251 e. The Morgan fingerprint density at radius 3 is 2.06 bits per heavy atom. The number of Topliss-reactive ketones (excluding diaryl/α,β-unsaturated/α-hetero) is 1. The Morgan fingerprint density at radius 2 is 1.65 bits per heavy atom. The van der Waals surface area contributed by atoms with Crippen molar-refractivity contribution in [1.82, 2.24) is 5.32 Å². The molecule has 0 aliphatic rings. The number of benzene rings is 1. The molecule has 0 saturated heterocycles. The first-order valence-corrected chi connectivity index (χ1v) is 5.49. The van der Waals surface area contributed by atoms with E-state index in [1.807, 2.05) is 13.8 Å². The SMILES string of the molecule is CC(=O)c1ccc(C(=O)NC(C)(C)CN)cc1. The predicted molar refractivity (Wildman–Crippen MR) is 67.0 cm³/mol. The topological polar surface area (TPSA) is 72.2 Å². The number of nitrogens with two attached hydrogens (primary N) is 1. The molecule has 4 nitrogen and oxygen atoms in total. The molecule has 0 spiro atoms. The Bertz CT molecular complexity index is 422. The second-order valence-corrected chi connectivity index (χ2v) is 4.68. The number of hydrogen-bond acceptors (Lipinski definition) is 3. The third-order valence-electron chi connectivity index (χ3n) is 2.52. The van der Waals surface area contributed by atoms with Crippen LogP contribution in [0.5, 0.6) is 0 Å². The minimum Gasteiger partial charge on any atom is -0.346 e. The van der Waals surface area contributed by atoms with Crippen LogP contribution >= 0.6 is 0 Å². The van der Waals surface area contributed by atoms with E-state index in [0.717, 1.165) is 0 Å². The van der Waals surface area contributed by atoms with Gasteiger partial charge in [-0.1, -0.05) is 12.1 Å². The maximum absolute atomic E-state index is 11.8. The molecule has 0 bridgehead atoms. The molecule has 0 saturated carbocycles. The van der Waals surface area contributed by atoms with Crippen molar-refractivity contribution in [3.05, 3.63) is 35.4 Å². The molecule has 4 heteroatoms. The van der Waals surface area contributed by atoms with Crippen molar-refractivity contribution in [3.8, 4) is 0 Å². The Balaban J connectivity index is 2.80. The summed E-state index contributed by atoms with van der Waals surface area (Å²) < 4.78 is 0.